The van der Waals surface area contributed by atoms with E-state index < -0.39 is 0 Å². The van der Waals surface area contributed by atoms with Crippen LogP contribution in [0.15, 0.2) is 41.3 Å². The molecule has 2 aromatic heterocycles. The van der Waals surface area contributed by atoms with Crippen molar-refractivity contribution in [3.8, 4) is 22.8 Å². The molecule has 1 amide bonds. The molecular formula is C22H23N5O4. The summed E-state index contributed by atoms with van der Waals surface area (Å²) in [5.41, 5.74) is 3.31. The summed E-state index contributed by atoms with van der Waals surface area (Å²) in [6, 6.07) is 7.29. The van der Waals surface area contributed by atoms with E-state index in [2.05, 4.69) is 25.3 Å². The molecule has 1 unspecified atom stereocenters. The van der Waals surface area contributed by atoms with Gasteiger partial charge in [-0.2, -0.15) is 0 Å². The fourth-order valence-corrected chi connectivity index (χ4v) is 4.15. The van der Waals surface area contributed by atoms with E-state index in [1.807, 2.05) is 19.1 Å². The molecule has 160 valence electrons. The lowest BCUT2D eigenvalue weighted by Crippen LogP contribution is -2.40. The standard InChI is InChI=1S/C22H23N5O4/c1-14-7-19(31-26-14)17-9-23-12-24-22(17)15-3-2-6-27(10-15)11-21(28)25-16-4-5-18-20(8-16)30-13-29-18/h4-5,7-9,12,15H,2-3,6,10-11,13H2,1H3,(H,25,28). The molecule has 2 aliphatic heterocycles. The third kappa shape index (κ3) is 4.22. The summed E-state index contributed by atoms with van der Waals surface area (Å²) in [5, 5.41) is 6.93. The SMILES string of the molecule is Cc1cc(-c2cncnc2C2CCCN(CC(=O)Nc3ccc4c(c3)OCO4)C2)on1. The number of nitrogens with zero attached hydrogens (tertiary/aromatic N) is 4. The number of carbonyl (C=O) groups excluding carboxylic acids is 1. The van der Waals surface area contributed by atoms with Crippen LogP contribution in [-0.2, 0) is 4.79 Å². The van der Waals surface area contributed by atoms with Crippen LogP contribution in [0.3, 0.4) is 0 Å². The normalized spacial score (nSPS) is 18.2. The third-order valence-corrected chi connectivity index (χ3v) is 5.55. The average Bonchev–Trinajstić information content (AvgIpc) is 3.42. The molecule has 1 saturated heterocycles. The Morgan fingerprint density at radius 2 is 2.16 bits per heavy atom. The van der Waals surface area contributed by atoms with Crippen molar-refractivity contribution in [3.05, 3.63) is 48.2 Å². The lowest BCUT2D eigenvalue weighted by molar-refractivity contribution is -0.117. The number of likely N-dealkylation sites (tertiary alicyclic amines) is 1. The van der Waals surface area contributed by atoms with Gasteiger partial charge in [0.2, 0.25) is 12.7 Å². The number of fused-ring (bicyclic) bond motifs is 1. The second kappa shape index (κ2) is 8.35. The topological polar surface area (TPSA) is 103 Å². The Morgan fingerprint density at radius 1 is 1.26 bits per heavy atom. The first kappa shape index (κ1) is 19.5. The highest BCUT2D eigenvalue weighted by Crippen LogP contribution is 2.35. The molecule has 0 radical (unpaired) electrons. The number of benzene rings is 1. The van der Waals surface area contributed by atoms with Crippen molar-refractivity contribution in [1.29, 1.82) is 0 Å². The number of hydrogen-bond acceptors (Lipinski definition) is 8. The second-order valence-corrected chi connectivity index (χ2v) is 7.84. The summed E-state index contributed by atoms with van der Waals surface area (Å²) < 4.78 is 16.1. The van der Waals surface area contributed by atoms with Crippen LogP contribution < -0.4 is 14.8 Å². The van der Waals surface area contributed by atoms with Gasteiger partial charge in [0, 0.05) is 36.5 Å². The maximum Gasteiger partial charge on any atom is 0.238 e. The summed E-state index contributed by atoms with van der Waals surface area (Å²) in [4.78, 5) is 23.5. The predicted octanol–water partition coefficient (Wildman–Crippen LogP) is 2.99. The Kier molecular flexibility index (Phi) is 5.25. The van der Waals surface area contributed by atoms with E-state index in [0.29, 0.717) is 29.5 Å². The molecule has 1 aromatic carbocycles. The fourth-order valence-electron chi connectivity index (χ4n) is 4.15. The molecule has 5 rings (SSSR count). The molecule has 0 bridgehead atoms. The molecule has 31 heavy (non-hydrogen) atoms. The molecular weight excluding hydrogens is 398 g/mol. The number of nitrogens with one attached hydrogen (secondary N) is 1. The minimum absolute atomic E-state index is 0.0618. The summed E-state index contributed by atoms with van der Waals surface area (Å²) in [6.07, 6.45) is 5.32. The number of piperidine rings is 1. The van der Waals surface area contributed by atoms with Crippen molar-refractivity contribution in [2.45, 2.75) is 25.7 Å². The van der Waals surface area contributed by atoms with Crippen LogP contribution in [0.25, 0.3) is 11.3 Å². The average molecular weight is 421 g/mol. The lowest BCUT2D eigenvalue weighted by Gasteiger charge is -2.32. The van der Waals surface area contributed by atoms with Gasteiger partial charge >= 0.3 is 0 Å². The van der Waals surface area contributed by atoms with Crippen LogP contribution >= 0.6 is 0 Å². The Hall–Kier alpha value is -3.46. The van der Waals surface area contributed by atoms with Crippen molar-refractivity contribution in [2.75, 3.05) is 31.7 Å². The summed E-state index contributed by atoms with van der Waals surface area (Å²) in [5.74, 6) is 2.14. The highest BCUT2D eigenvalue weighted by molar-refractivity contribution is 5.92. The third-order valence-electron chi connectivity index (χ3n) is 5.55. The van der Waals surface area contributed by atoms with Gasteiger partial charge in [-0.1, -0.05) is 5.16 Å². The summed E-state index contributed by atoms with van der Waals surface area (Å²) in [6.45, 7) is 4.02. The Morgan fingerprint density at radius 3 is 3.03 bits per heavy atom. The summed E-state index contributed by atoms with van der Waals surface area (Å²) >= 11 is 0. The van der Waals surface area contributed by atoms with E-state index in [1.54, 1.807) is 24.7 Å². The minimum Gasteiger partial charge on any atom is -0.454 e. The largest absolute Gasteiger partial charge is 0.454 e. The molecule has 2 aliphatic rings. The number of hydrogen-bond donors (Lipinski definition) is 1. The van der Waals surface area contributed by atoms with Gasteiger partial charge < -0.3 is 19.3 Å². The molecule has 1 fully saturated rings. The van der Waals surface area contributed by atoms with E-state index in [-0.39, 0.29) is 18.6 Å². The maximum atomic E-state index is 12.6. The van der Waals surface area contributed by atoms with E-state index >= 15 is 0 Å². The van der Waals surface area contributed by atoms with Gasteiger partial charge in [0.15, 0.2) is 17.3 Å². The number of aromatic nitrogens is 3. The number of aryl methyl sites for hydroxylation is 1. The highest BCUT2D eigenvalue weighted by atomic mass is 16.7. The van der Waals surface area contributed by atoms with Gasteiger partial charge in [0.1, 0.15) is 6.33 Å². The Bertz CT molecular complexity index is 1100. The maximum absolute atomic E-state index is 12.6. The Balaban J connectivity index is 1.25. The Labute approximate surface area is 179 Å². The van der Waals surface area contributed by atoms with Gasteiger partial charge in [-0.3, -0.25) is 9.69 Å². The monoisotopic (exact) mass is 421 g/mol. The minimum atomic E-state index is -0.0618. The molecule has 4 heterocycles. The number of anilines is 1. The molecule has 0 aliphatic carbocycles. The van der Waals surface area contributed by atoms with Crippen LogP contribution in [-0.4, -0.2) is 52.4 Å². The number of amides is 1. The van der Waals surface area contributed by atoms with Gasteiger partial charge in [-0.05, 0) is 38.4 Å². The molecule has 1 N–H and O–H groups in total. The predicted molar refractivity (Wildman–Crippen MR) is 112 cm³/mol. The molecule has 1 atom stereocenters. The van der Waals surface area contributed by atoms with Crippen LogP contribution in [0.4, 0.5) is 5.69 Å². The molecule has 9 heteroatoms. The zero-order valence-corrected chi connectivity index (χ0v) is 17.2. The highest BCUT2D eigenvalue weighted by Gasteiger charge is 2.27. The van der Waals surface area contributed by atoms with Gasteiger partial charge in [-0.15, -0.1) is 0 Å². The molecule has 0 spiro atoms. The first-order valence-corrected chi connectivity index (χ1v) is 10.3. The molecule has 9 nitrogen and oxygen atoms in total. The fraction of sp³-hybridized carbons (Fsp3) is 0.364. The second-order valence-electron chi connectivity index (χ2n) is 7.84. The van der Waals surface area contributed by atoms with E-state index in [0.717, 1.165) is 42.9 Å². The van der Waals surface area contributed by atoms with Crippen LogP contribution in [0, 0.1) is 6.92 Å². The van der Waals surface area contributed by atoms with E-state index in [1.165, 1.54) is 0 Å². The molecule has 3 aromatic rings. The van der Waals surface area contributed by atoms with Crippen LogP contribution in [0.1, 0.15) is 30.1 Å². The van der Waals surface area contributed by atoms with E-state index in [9.17, 15) is 4.79 Å². The van der Waals surface area contributed by atoms with Crippen LogP contribution in [0.2, 0.25) is 0 Å². The van der Waals surface area contributed by atoms with Crippen molar-refractivity contribution in [1.82, 2.24) is 20.0 Å². The zero-order valence-electron chi connectivity index (χ0n) is 17.2. The lowest BCUT2D eigenvalue weighted by atomic mass is 9.91. The van der Waals surface area contributed by atoms with Crippen molar-refractivity contribution < 1.29 is 18.8 Å². The summed E-state index contributed by atoms with van der Waals surface area (Å²) in [7, 11) is 0. The first-order valence-electron chi connectivity index (χ1n) is 10.3. The number of rotatable bonds is 5. The first-order chi connectivity index (χ1) is 15.2. The van der Waals surface area contributed by atoms with Crippen LogP contribution in [0.5, 0.6) is 11.5 Å². The smallest absolute Gasteiger partial charge is 0.238 e. The number of carbonyl (C=O) groups is 1. The van der Waals surface area contributed by atoms with Gasteiger partial charge in [-0.25, -0.2) is 9.97 Å². The molecule has 0 saturated carbocycles. The van der Waals surface area contributed by atoms with Gasteiger partial charge in [0.05, 0.1) is 23.5 Å². The number of ether oxygens (including phenoxy) is 2. The van der Waals surface area contributed by atoms with Crippen molar-refractivity contribution in [3.63, 3.8) is 0 Å². The van der Waals surface area contributed by atoms with Crippen molar-refractivity contribution in [2.24, 2.45) is 0 Å². The zero-order chi connectivity index (χ0) is 21.2. The van der Waals surface area contributed by atoms with Crippen molar-refractivity contribution >= 4 is 11.6 Å². The quantitative estimate of drug-likeness (QED) is 0.671. The van der Waals surface area contributed by atoms with E-state index in [4.69, 9.17) is 14.0 Å². The van der Waals surface area contributed by atoms with Gasteiger partial charge in [0.25, 0.3) is 0 Å².